The highest BCUT2D eigenvalue weighted by atomic mass is 16.5. The van der Waals surface area contributed by atoms with Crippen LogP contribution >= 0.6 is 0 Å². The van der Waals surface area contributed by atoms with Crippen LogP contribution in [0.15, 0.2) is 6.07 Å². The fourth-order valence-corrected chi connectivity index (χ4v) is 1.07. The van der Waals surface area contributed by atoms with Gasteiger partial charge >= 0.3 is 6.01 Å². The Bertz CT molecular complexity index is 305. The Morgan fingerprint density at radius 3 is 2.87 bits per heavy atom. The van der Waals surface area contributed by atoms with Crippen LogP contribution in [-0.4, -0.2) is 36.8 Å². The maximum atomic E-state index is 5.37. The molecule has 0 unspecified atom stereocenters. The summed E-state index contributed by atoms with van der Waals surface area (Å²) < 4.78 is 10.4. The topological polar surface area (TPSA) is 56.3 Å². The van der Waals surface area contributed by atoms with Crippen molar-refractivity contribution < 1.29 is 9.47 Å². The van der Waals surface area contributed by atoms with E-state index in [2.05, 4.69) is 15.3 Å². The molecular formula is C10H17N3O2. The second-order valence-electron chi connectivity index (χ2n) is 3.04. The predicted octanol–water partition coefficient (Wildman–Crippen LogP) is 0.782. The Hall–Kier alpha value is -1.36. The molecule has 5 heteroatoms. The molecule has 0 spiro atoms. The summed E-state index contributed by atoms with van der Waals surface area (Å²) in [5.74, 6) is 0.529. The summed E-state index contributed by atoms with van der Waals surface area (Å²) in [5.41, 5.74) is 0.834. The van der Waals surface area contributed by atoms with Crippen LogP contribution in [0.4, 0.5) is 0 Å². The molecule has 0 amide bonds. The number of methoxy groups -OCH3 is 1. The number of hydrogen-bond acceptors (Lipinski definition) is 5. The first kappa shape index (κ1) is 11.7. The molecule has 1 aromatic rings. The summed E-state index contributed by atoms with van der Waals surface area (Å²) in [4.78, 5) is 8.20. The molecule has 0 saturated carbocycles. The first-order valence-electron chi connectivity index (χ1n) is 4.99. The van der Waals surface area contributed by atoms with E-state index in [1.54, 1.807) is 13.2 Å². The van der Waals surface area contributed by atoms with E-state index in [0.717, 1.165) is 18.8 Å². The molecular weight excluding hydrogens is 194 g/mol. The van der Waals surface area contributed by atoms with Crippen LogP contribution in [-0.2, 0) is 0 Å². The largest absolute Gasteiger partial charge is 0.481 e. The lowest BCUT2D eigenvalue weighted by atomic mass is 10.4. The maximum Gasteiger partial charge on any atom is 0.319 e. The number of nitrogens with one attached hydrogen (secondary N) is 1. The van der Waals surface area contributed by atoms with E-state index in [0.29, 0.717) is 18.5 Å². The van der Waals surface area contributed by atoms with Gasteiger partial charge in [0.15, 0.2) is 0 Å². The third-order valence-electron chi connectivity index (χ3n) is 1.78. The van der Waals surface area contributed by atoms with Gasteiger partial charge in [-0.2, -0.15) is 4.98 Å². The van der Waals surface area contributed by atoms with Crippen molar-refractivity contribution in [1.82, 2.24) is 15.3 Å². The van der Waals surface area contributed by atoms with Gasteiger partial charge in [-0.25, -0.2) is 4.98 Å². The van der Waals surface area contributed by atoms with Crippen LogP contribution in [0, 0.1) is 6.92 Å². The van der Waals surface area contributed by atoms with Crippen molar-refractivity contribution in [3.05, 3.63) is 11.8 Å². The Morgan fingerprint density at radius 2 is 2.20 bits per heavy atom. The Morgan fingerprint density at radius 1 is 1.40 bits per heavy atom. The molecule has 5 nitrogen and oxygen atoms in total. The quantitative estimate of drug-likeness (QED) is 0.705. The van der Waals surface area contributed by atoms with E-state index in [1.165, 1.54) is 0 Å². The van der Waals surface area contributed by atoms with Crippen molar-refractivity contribution in [3.8, 4) is 11.9 Å². The molecule has 1 N–H and O–H groups in total. The number of hydrogen-bond donors (Lipinski definition) is 1. The van der Waals surface area contributed by atoms with E-state index in [4.69, 9.17) is 9.47 Å². The van der Waals surface area contributed by atoms with Gasteiger partial charge in [0.05, 0.1) is 7.11 Å². The number of ether oxygens (including phenoxy) is 2. The highest BCUT2D eigenvalue weighted by Gasteiger charge is 2.02. The Labute approximate surface area is 89.8 Å². The zero-order valence-corrected chi connectivity index (χ0v) is 9.41. The summed E-state index contributed by atoms with van der Waals surface area (Å²) >= 11 is 0. The molecule has 0 aliphatic heterocycles. The molecule has 1 aromatic heterocycles. The molecule has 15 heavy (non-hydrogen) atoms. The molecule has 0 radical (unpaired) electrons. The van der Waals surface area contributed by atoms with Gasteiger partial charge in [-0.05, 0) is 13.5 Å². The van der Waals surface area contributed by atoms with E-state index in [9.17, 15) is 0 Å². The molecule has 0 fully saturated rings. The maximum absolute atomic E-state index is 5.37. The second kappa shape index (κ2) is 6.19. The zero-order chi connectivity index (χ0) is 11.1. The van der Waals surface area contributed by atoms with Crippen molar-refractivity contribution in [2.24, 2.45) is 0 Å². The number of aromatic nitrogens is 2. The third-order valence-corrected chi connectivity index (χ3v) is 1.78. The van der Waals surface area contributed by atoms with E-state index >= 15 is 0 Å². The van der Waals surface area contributed by atoms with Crippen molar-refractivity contribution in [3.63, 3.8) is 0 Å². The first-order valence-corrected chi connectivity index (χ1v) is 4.99. The number of rotatable bonds is 6. The molecule has 0 saturated heterocycles. The summed E-state index contributed by atoms with van der Waals surface area (Å²) in [6.07, 6.45) is 0. The molecule has 0 aliphatic rings. The van der Waals surface area contributed by atoms with Crippen LogP contribution in [0.25, 0.3) is 0 Å². The minimum atomic E-state index is 0.366. The molecule has 0 atom stereocenters. The fourth-order valence-electron chi connectivity index (χ4n) is 1.07. The van der Waals surface area contributed by atoms with Crippen LogP contribution < -0.4 is 14.8 Å². The van der Waals surface area contributed by atoms with Crippen molar-refractivity contribution in [2.45, 2.75) is 13.8 Å². The van der Waals surface area contributed by atoms with Crippen molar-refractivity contribution in [2.75, 3.05) is 26.8 Å². The Balaban J connectivity index is 2.49. The number of likely N-dealkylation sites (N-methyl/N-ethyl adjacent to an activating group) is 1. The SMILES string of the molecule is CCNCCOc1nc(C)cc(OC)n1. The average Bonchev–Trinajstić information content (AvgIpc) is 2.23. The third kappa shape index (κ3) is 4.12. The average molecular weight is 211 g/mol. The Kier molecular flexibility index (Phi) is 4.83. The first-order chi connectivity index (χ1) is 7.26. The van der Waals surface area contributed by atoms with Crippen LogP contribution in [0.5, 0.6) is 11.9 Å². The molecule has 1 rings (SSSR count). The molecule has 0 aliphatic carbocycles. The predicted molar refractivity (Wildman–Crippen MR) is 57.4 cm³/mol. The summed E-state index contributed by atoms with van der Waals surface area (Å²) in [5, 5.41) is 3.15. The lowest BCUT2D eigenvalue weighted by Crippen LogP contribution is -2.20. The van der Waals surface area contributed by atoms with Gasteiger partial charge in [0.1, 0.15) is 6.61 Å². The minimum absolute atomic E-state index is 0.366. The smallest absolute Gasteiger partial charge is 0.319 e. The summed E-state index contributed by atoms with van der Waals surface area (Å²) in [6.45, 7) is 6.20. The van der Waals surface area contributed by atoms with E-state index < -0.39 is 0 Å². The van der Waals surface area contributed by atoms with Crippen molar-refractivity contribution in [1.29, 1.82) is 0 Å². The summed E-state index contributed by atoms with van der Waals surface area (Å²) in [7, 11) is 1.57. The lowest BCUT2D eigenvalue weighted by molar-refractivity contribution is 0.283. The van der Waals surface area contributed by atoms with E-state index in [1.807, 2.05) is 13.8 Å². The lowest BCUT2D eigenvalue weighted by Gasteiger charge is -2.06. The number of aryl methyl sites for hydroxylation is 1. The molecule has 0 aromatic carbocycles. The van der Waals surface area contributed by atoms with Gasteiger partial charge in [0.25, 0.3) is 0 Å². The molecule has 0 bridgehead atoms. The molecule has 84 valence electrons. The zero-order valence-electron chi connectivity index (χ0n) is 9.41. The second-order valence-corrected chi connectivity index (χ2v) is 3.04. The number of nitrogens with zero attached hydrogens (tertiary/aromatic N) is 2. The van der Waals surface area contributed by atoms with E-state index in [-0.39, 0.29) is 0 Å². The monoisotopic (exact) mass is 211 g/mol. The standard InChI is InChI=1S/C10H17N3O2/c1-4-11-5-6-15-10-12-8(2)7-9(13-10)14-3/h7,11H,4-6H2,1-3H3. The van der Waals surface area contributed by atoms with Crippen molar-refractivity contribution >= 4 is 0 Å². The van der Waals surface area contributed by atoms with Crippen LogP contribution in [0.1, 0.15) is 12.6 Å². The van der Waals surface area contributed by atoms with Gasteiger partial charge in [-0.1, -0.05) is 6.92 Å². The molecule has 1 heterocycles. The van der Waals surface area contributed by atoms with Gasteiger partial charge in [-0.3, -0.25) is 0 Å². The van der Waals surface area contributed by atoms with Gasteiger partial charge < -0.3 is 14.8 Å². The fraction of sp³-hybridized carbons (Fsp3) is 0.600. The minimum Gasteiger partial charge on any atom is -0.481 e. The van der Waals surface area contributed by atoms with Crippen LogP contribution in [0.3, 0.4) is 0 Å². The highest BCUT2D eigenvalue weighted by Crippen LogP contribution is 2.12. The van der Waals surface area contributed by atoms with Crippen LogP contribution in [0.2, 0.25) is 0 Å². The van der Waals surface area contributed by atoms with Gasteiger partial charge in [0.2, 0.25) is 5.88 Å². The van der Waals surface area contributed by atoms with Gasteiger partial charge in [0, 0.05) is 18.3 Å². The normalized spacial score (nSPS) is 10.1. The summed E-state index contributed by atoms with van der Waals surface area (Å²) in [6, 6.07) is 2.13. The van der Waals surface area contributed by atoms with Gasteiger partial charge in [-0.15, -0.1) is 0 Å². The highest BCUT2D eigenvalue weighted by molar-refractivity contribution is 5.17.